The van der Waals surface area contributed by atoms with E-state index in [1.54, 1.807) is 0 Å². The molecule has 2 amide bonds. The molecule has 18 heavy (non-hydrogen) atoms. The molecule has 1 fully saturated rings. The van der Waals surface area contributed by atoms with Crippen LogP contribution in [0.25, 0.3) is 0 Å². The van der Waals surface area contributed by atoms with Crippen molar-refractivity contribution in [3.63, 3.8) is 0 Å². The number of carboxylic acids is 1. The predicted octanol–water partition coefficient (Wildman–Crippen LogP) is -1.43. The van der Waals surface area contributed by atoms with Gasteiger partial charge in [-0.1, -0.05) is 0 Å². The Labute approximate surface area is 105 Å². The quantitative estimate of drug-likeness (QED) is 0.513. The summed E-state index contributed by atoms with van der Waals surface area (Å²) in [6.45, 7) is -0.161. The van der Waals surface area contributed by atoms with E-state index < -0.39 is 28.4 Å². The summed E-state index contributed by atoms with van der Waals surface area (Å²) in [6, 6.07) is -0.828. The highest BCUT2D eigenvalue weighted by Gasteiger charge is 2.28. The van der Waals surface area contributed by atoms with Gasteiger partial charge in [0.1, 0.15) is 6.61 Å². The van der Waals surface area contributed by atoms with Gasteiger partial charge < -0.3 is 20.5 Å². The van der Waals surface area contributed by atoms with Crippen molar-refractivity contribution in [3.05, 3.63) is 0 Å². The van der Waals surface area contributed by atoms with Gasteiger partial charge in [0.2, 0.25) is 0 Å². The zero-order valence-electron chi connectivity index (χ0n) is 9.72. The molecule has 104 valence electrons. The van der Waals surface area contributed by atoms with E-state index in [9.17, 15) is 18.0 Å². The molecule has 0 saturated carbocycles. The average molecular weight is 280 g/mol. The first-order valence-electron chi connectivity index (χ1n) is 5.43. The van der Waals surface area contributed by atoms with E-state index in [2.05, 4.69) is 10.6 Å². The molecule has 0 aromatic carbocycles. The van der Waals surface area contributed by atoms with Crippen molar-refractivity contribution in [3.8, 4) is 0 Å². The Morgan fingerprint density at radius 1 is 1.39 bits per heavy atom. The lowest BCUT2D eigenvalue weighted by Gasteiger charge is -2.11. The third kappa shape index (κ3) is 5.82. The van der Waals surface area contributed by atoms with Gasteiger partial charge in [-0.25, -0.2) is 18.0 Å². The van der Waals surface area contributed by atoms with Gasteiger partial charge >= 0.3 is 12.0 Å². The Morgan fingerprint density at radius 3 is 2.67 bits per heavy atom. The molecule has 0 spiro atoms. The number of carboxylic acid groups (broad SMARTS) is 1. The molecule has 1 heterocycles. The van der Waals surface area contributed by atoms with Crippen LogP contribution in [0.2, 0.25) is 0 Å². The first-order valence-corrected chi connectivity index (χ1v) is 7.25. The summed E-state index contributed by atoms with van der Waals surface area (Å²) >= 11 is 0. The second-order valence-corrected chi connectivity index (χ2v) is 6.18. The van der Waals surface area contributed by atoms with Crippen LogP contribution in [0.15, 0.2) is 0 Å². The molecule has 0 radical (unpaired) electrons. The molecule has 1 rings (SSSR count). The van der Waals surface area contributed by atoms with Gasteiger partial charge in [-0.15, -0.1) is 0 Å². The SMILES string of the molecule is O=C(O)COCCNC(=O)NC1CCS(=O)(=O)C1. The van der Waals surface area contributed by atoms with E-state index in [1.807, 2.05) is 0 Å². The number of amides is 2. The van der Waals surface area contributed by atoms with E-state index in [-0.39, 0.29) is 30.7 Å². The maximum absolute atomic E-state index is 11.3. The van der Waals surface area contributed by atoms with Crippen LogP contribution in [0.1, 0.15) is 6.42 Å². The number of ether oxygens (including phenoxy) is 1. The lowest BCUT2D eigenvalue weighted by molar-refractivity contribution is -0.142. The van der Waals surface area contributed by atoms with Gasteiger partial charge in [-0.2, -0.15) is 0 Å². The number of hydrogen-bond donors (Lipinski definition) is 3. The van der Waals surface area contributed by atoms with Crippen LogP contribution >= 0.6 is 0 Å². The molecule has 1 aliphatic heterocycles. The maximum Gasteiger partial charge on any atom is 0.329 e. The molecule has 1 aliphatic rings. The van der Waals surface area contributed by atoms with Crippen LogP contribution in [0.3, 0.4) is 0 Å². The van der Waals surface area contributed by atoms with Crippen LogP contribution in [-0.4, -0.2) is 62.8 Å². The number of urea groups is 1. The number of carbonyl (C=O) groups is 2. The van der Waals surface area contributed by atoms with Crippen molar-refractivity contribution in [2.45, 2.75) is 12.5 Å². The minimum absolute atomic E-state index is 0.0318. The number of nitrogens with one attached hydrogen (secondary N) is 2. The van der Waals surface area contributed by atoms with Crippen molar-refractivity contribution >= 4 is 21.8 Å². The average Bonchev–Trinajstić information content (AvgIpc) is 2.57. The fraction of sp³-hybridized carbons (Fsp3) is 0.778. The Balaban J connectivity index is 2.09. The third-order valence-electron chi connectivity index (χ3n) is 2.33. The number of carbonyl (C=O) groups excluding carboxylic acids is 1. The van der Waals surface area contributed by atoms with Crippen LogP contribution in [0, 0.1) is 0 Å². The lowest BCUT2D eigenvalue weighted by atomic mass is 10.3. The third-order valence-corrected chi connectivity index (χ3v) is 4.09. The topological polar surface area (TPSA) is 122 Å². The van der Waals surface area contributed by atoms with Crippen molar-refractivity contribution in [1.82, 2.24) is 10.6 Å². The standard InChI is InChI=1S/C9H16N2O6S/c12-8(13)5-17-3-2-10-9(14)11-7-1-4-18(15,16)6-7/h7H,1-6H2,(H,12,13)(H2,10,11,14). The van der Waals surface area contributed by atoms with Gasteiger partial charge in [0.15, 0.2) is 9.84 Å². The fourth-order valence-corrected chi connectivity index (χ4v) is 3.21. The summed E-state index contributed by atoms with van der Waals surface area (Å²) in [5, 5.41) is 13.3. The Morgan fingerprint density at radius 2 is 2.11 bits per heavy atom. The van der Waals surface area contributed by atoms with Crippen LogP contribution in [0.5, 0.6) is 0 Å². The van der Waals surface area contributed by atoms with E-state index in [0.29, 0.717) is 6.42 Å². The molecule has 8 nitrogen and oxygen atoms in total. The van der Waals surface area contributed by atoms with Crippen LogP contribution in [0.4, 0.5) is 4.79 Å². The summed E-state index contributed by atoms with van der Waals surface area (Å²) in [5.41, 5.74) is 0. The highest BCUT2D eigenvalue weighted by molar-refractivity contribution is 7.91. The van der Waals surface area contributed by atoms with E-state index >= 15 is 0 Å². The number of sulfone groups is 1. The van der Waals surface area contributed by atoms with Crippen molar-refractivity contribution in [2.24, 2.45) is 0 Å². The summed E-state index contributed by atoms with van der Waals surface area (Å²) in [7, 11) is -3.01. The second kappa shape index (κ2) is 6.55. The van der Waals surface area contributed by atoms with Gasteiger partial charge in [-0.05, 0) is 6.42 Å². The number of hydrogen-bond acceptors (Lipinski definition) is 5. The molecular weight excluding hydrogens is 264 g/mol. The first-order chi connectivity index (χ1) is 8.39. The van der Waals surface area contributed by atoms with E-state index in [1.165, 1.54) is 0 Å². The number of rotatable bonds is 6. The van der Waals surface area contributed by atoms with Crippen molar-refractivity contribution < 1.29 is 27.9 Å². The summed E-state index contributed by atoms with van der Waals surface area (Å²) < 4.78 is 27.0. The monoisotopic (exact) mass is 280 g/mol. The van der Waals surface area contributed by atoms with Crippen LogP contribution in [-0.2, 0) is 19.4 Å². The molecular formula is C9H16N2O6S. The zero-order valence-corrected chi connectivity index (χ0v) is 10.5. The molecule has 0 bridgehead atoms. The van der Waals surface area contributed by atoms with Gasteiger partial charge in [0, 0.05) is 12.6 Å². The first kappa shape index (κ1) is 14.7. The molecule has 0 aromatic heterocycles. The summed E-state index contributed by atoms with van der Waals surface area (Å²) in [5.74, 6) is -1.01. The van der Waals surface area contributed by atoms with E-state index in [4.69, 9.17) is 9.84 Å². The Kier molecular flexibility index (Phi) is 5.35. The molecule has 0 aliphatic carbocycles. The lowest BCUT2D eigenvalue weighted by Crippen LogP contribution is -2.43. The summed E-state index contributed by atoms with van der Waals surface area (Å²) in [4.78, 5) is 21.4. The smallest absolute Gasteiger partial charge is 0.329 e. The Bertz CT molecular complexity index is 407. The fourth-order valence-electron chi connectivity index (χ4n) is 1.54. The van der Waals surface area contributed by atoms with Gasteiger partial charge in [0.05, 0.1) is 18.1 Å². The minimum atomic E-state index is -3.01. The van der Waals surface area contributed by atoms with E-state index in [0.717, 1.165) is 0 Å². The maximum atomic E-state index is 11.3. The van der Waals surface area contributed by atoms with Gasteiger partial charge in [-0.3, -0.25) is 0 Å². The second-order valence-electron chi connectivity index (χ2n) is 3.95. The van der Waals surface area contributed by atoms with Crippen molar-refractivity contribution in [2.75, 3.05) is 31.3 Å². The van der Waals surface area contributed by atoms with Crippen LogP contribution < -0.4 is 10.6 Å². The predicted molar refractivity (Wildman–Crippen MR) is 62.0 cm³/mol. The minimum Gasteiger partial charge on any atom is -0.480 e. The highest BCUT2D eigenvalue weighted by atomic mass is 32.2. The molecule has 1 saturated heterocycles. The normalized spacial score (nSPS) is 21.4. The van der Waals surface area contributed by atoms with Crippen molar-refractivity contribution in [1.29, 1.82) is 0 Å². The Hall–Kier alpha value is -1.35. The molecule has 9 heteroatoms. The molecule has 3 N–H and O–H groups in total. The molecule has 1 unspecified atom stereocenters. The summed E-state index contributed by atoms with van der Waals surface area (Å²) in [6.07, 6.45) is 0.422. The molecule has 0 aromatic rings. The number of aliphatic carboxylic acids is 1. The zero-order chi connectivity index (χ0) is 13.6. The highest BCUT2D eigenvalue weighted by Crippen LogP contribution is 2.10. The largest absolute Gasteiger partial charge is 0.480 e. The molecule has 1 atom stereocenters. The van der Waals surface area contributed by atoms with Gasteiger partial charge in [0.25, 0.3) is 0 Å².